The number of hydrogen-bond acceptors (Lipinski definition) is 5. The molecule has 1 unspecified atom stereocenters. The summed E-state index contributed by atoms with van der Waals surface area (Å²) >= 11 is 6.09. The number of sulfonamides is 1. The Labute approximate surface area is 200 Å². The molecule has 1 N–H and O–H groups in total. The van der Waals surface area contributed by atoms with Crippen molar-refractivity contribution in [3.63, 3.8) is 0 Å². The summed E-state index contributed by atoms with van der Waals surface area (Å²) in [5, 5.41) is 3.06. The number of hydrogen-bond donors (Lipinski definition) is 1. The Morgan fingerprint density at radius 3 is 2.33 bits per heavy atom. The van der Waals surface area contributed by atoms with E-state index in [1.807, 2.05) is 0 Å². The summed E-state index contributed by atoms with van der Waals surface area (Å²) in [6.45, 7) is 5.19. The van der Waals surface area contributed by atoms with Crippen LogP contribution in [0.25, 0.3) is 0 Å². The minimum atomic E-state index is -3.81. The zero-order chi connectivity index (χ0) is 24.8. The van der Waals surface area contributed by atoms with E-state index >= 15 is 0 Å². The maximum Gasteiger partial charge on any atom is 0.244 e. The average Bonchev–Trinajstić information content (AvgIpc) is 2.76. The molecule has 0 aromatic heterocycles. The number of ether oxygens (including phenoxy) is 1. The third kappa shape index (κ3) is 7.10. The van der Waals surface area contributed by atoms with Crippen LogP contribution in [-0.2, 0) is 26.2 Å². The number of anilines is 1. The number of benzene rings is 2. The van der Waals surface area contributed by atoms with E-state index in [1.54, 1.807) is 64.3 Å². The van der Waals surface area contributed by atoms with Crippen LogP contribution in [-0.4, -0.2) is 57.6 Å². The molecule has 0 bridgehead atoms. The molecular formula is C23H30ClN3O5S. The van der Waals surface area contributed by atoms with Crippen molar-refractivity contribution in [3.8, 4) is 5.75 Å². The van der Waals surface area contributed by atoms with Crippen LogP contribution < -0.4 is 14.4 Å². The normalized spacial score (nSPS) is 12.1. The molecule has 0 aliphatic rings. The summed E-state index contributed by atoms with van der Waals surface area (Å²) in [5.41, 5.74) is 1.73. The van der Waals surface area contributed by atoms with E-state index in [1.165, 1.54) is 11.0 Å². The van der Waals surface area contributed by atoms with Crippen molar-refractivity contribution in [2.75, 3.05) is 30.8 Å². The van der Waals surface area contributed by atoms with Gasteiger partial charge in [-0.1, -0.05) is 29.8 Å². The van der Waals surface area contributed by atoms with Crippen LogP contribution in [0.3, 0.4) is 0 Å². The second kappa shape index (κ2) is 11.4. The zero-order valence-electron chi connectivity index (χ0n) is 19.5. The first kappa shape index (κ1) is 26.5. The van der Waals surface area contributed by atoms with Gasteiger partial charge in [0, 0.05) is 18.1 Å². The SMILES string of the molecule is CCNC(=O)C(C)N(Cc1ccc(OC)cc1)C(=O)CN(c1cc(Cl)ccc1C)S(C)(=O)=O. The number of likely N-dealkylation sites (N-methyl/N-ethyl adjacent to an activating group) is 1. The van der Waals surface area contributed by atoms with Crippen molar-refractivity contribution >= 4 is 39.1 Å². The maximum absolute atomic E-state index is 13.4. The Morgan fingerprint density at radius 2 is 1.79 bits per heavy atom. The average molecular weight is 496 g/mol. The largest absolute Gasteiger partial charge is 0.497 e. The molecular weight excluding hydrogens is 466 g/mol. The van der Waals surface area contributed by atoms with Crippen molar-refractivity contribution in [1.29, 1.82) is 0 Å². The van der Waals surface area contributed by atoms with Crippen LogP contribution in [0.15, 0.2) is 42.5 Å². The van der Waals surface area contributed by atoms with E-state index < -0.39 is 28.5 Å². The van der Waals surface area contributed by atoms with E-state index in [0.29, 0.717) is 28.6 Å². The predicted molar refractivity (Wildman–Crippen MR) is 130 cm³/mol. The summed E-state index contributed by atoms with van der Waals surface area (Å²) in [6, 6.07) is 11.1. The van der Waals surface area contributed by atoms with E-state index in [2.05, 4.69) is 5.32 Å². The fourth-order valence-electron chi connectivity index (χ4n) is 3.28. The number of carbonyl (C=O) groups is 2. The van der Waals surface area contributed by atoms with Crippen LogP contribution in [0.2, 0.25) is 5.02 Å². The molecule has 0 saturated carbocycles. The van der Waals surface area contributed by atoms with Gasteiger partial charge in [-0.05, 0) is 56.2 Å². The molecule has 0 heterocycles. The Bertz CT molecular complexity index is 1090. The molecule has 0 spiro atoms. The van der Waals surface area contributed by atoms with Gasteiger partial charge in [0.1, 0.15) is 18.3 Å². The van der Waals surface area contributed by atoms with Gasteiger partial charge in [0.15, 0.2) is 0 Å². The molecule has 0 fully saturated rings. The van der Waals surface area contributed by atoms with E-state index in [-0.39, 0.29) is 12.5 Å². The van der Waals surface area contributed by atoms with Gasteiger partial charge >= 0.3 is 0 Å². The van der Waals surface area contributed by atoms with Crippen LogP contribution in [0.1, 0.15) is 25.0 Å². The van der Waals surface area contributed by atoms with Gasteiger partial charge in [-0.2, -0.15) is 0 Å². The summed E-state index contributed by atoms with van der Waals surface area (Å²) < 4.78 is 31.4. The number of aryl methyl sites for hydroxylation is 1. The van der Waals surface area contributed by atoms with Gasteiger partial charge < -0.3 is 15.0 Å². The summed E-state index contributed by atoms with van der Waals surface area (Å²) in [4.78, 5) is 27.4. The first-order valence-corrected chi connectivity index (χ1v) is 12.6. The topological polar surface area (TPSA) is 96.0 Å². The monoisotopic (exact) mass is 495 g/mol. The lowest BCUT2D eigenvalue weighted by molar-refractivity contribution is -0.139. The van der Waals surface area contributed by atoms with Crippen LogP contribution in [0, 0.1) is 6.92 Å². The third-order valence-corrected chi connectivity index (χ3v) is 6.51. The number of halogens is 1. The molecule has 2 aromatic carbocycles. The van der Waals surface area contributed by atoms with Crippen LogP contribution >= 0.6 is 11.6 Å². The van der Waals surface area contributed by atoms with Gasteiger partial charge in [0.2, 0.25) is 21.8 Å². The highest BCUT2D eigenvalue weighted by Crippen LogP contribution is 2.27. The quantitative estimate of drug-likeness (QED) is 0.546. The van der Waals surface area contributed by atoms with Gasteiger partial charge in [-0.25, -0.2) is 8.42 Å². The Kier molecular flexibility index (Phi) is 9.13. The smallest absolute Gasteiger partial charge is 0.244 e. The fraction of sp³-hybridized carbons (Fsp3) is 0.391. The third-order valence-electron chi connectivity index (χ3n) is 5.15. The molecule has 0 radical (unpaired) electrons. The molecule has 2 aromatic rings. The number of nitrogens with zero attached hydrogens (tertiary/aromatic N) is 2. The highest BCUT2D eigenvalue weighted by Gasteiger charge is 2.30. The van der Waals surface area contributed by atoms with E-state index in [4.69, 9.17) is 16.3 Å². The number of nitrogens with one attached hydrogen (secondary N) is 1. The first-order chi connectivity index (χ1) is 15.5. The molecule has 10 heteroatoms. The first-order valence-electron chi connectivity index (χ1n) is 10.4. The summed E-state index contributed by atoms with van der Waals surface area (Å²) in [7, 11) is -2.26. The highest BCUT2D eigenvalue weighted by molar-refractivity contribution is 7.92. The van der Waals surface area contributed by atoms with Crippen molar-refractivity contribution in [1.82, 2.24) is 10.2 Å². The molecule has 2 rings (SSSR count). The van der Waals surface area contributed by atoms with E-state index in [0.717, 1.165) is 16.1 Å². The van der Waals surface area contributed by atoms with Crippen molar-refractivity contribution in [2.45, 2.75) is 33.4 Å². The molecule has 180 valence electrons. The highest BCUT2D eigenvalue weighted by atomic mass is 35.5. The minimum Gasteiger partial charge on any atom is -0.497 e. The number of rotatable bonds is 10. The van der Waals surface area contributed by atoms with Gasteiger partial charge in [0.05, 0.1) is 19.1 Å². The maximum atomic E-state index is 13.4. The Balaban J connectivity index is 2.41. The van der Waals surface area contributed by atoms with Crippen molar-refractivity contribution in [2.24, 2.45) is 0 Å². The molecule has 1 atom stereocenters. The standard InChI is InChI=1S/C23H30ClN3O5S/c1-6-25-23(29)17(3)26(14-18-8-11-20(32-4)12-9-18)22(28)15-27(33(5,30)31)21-13-19(24)10-7-16(21)2/h7-13,17H,6,14-15H2,1-5H3,(H,25,29). The van der Waals surface area contributed by atoms with Gasteiger partial charge in [0.25, 0.3) is 0 Å². The van der Waals surface area contributed by atoms with Crippen molar-refractivity contribution in [3.05, 3.63) is 58.6 Å². The molecule has 33 heavy (non-hydrogen) atoms. The molecule has 0 aliphatic heterocycles. The van der Waals surface area contributed by atoms with Crippen LogP contribution in [0.4, 0.5) is 5.69 Å². The molecule has 0 saturated heterocycles. The van der Waals surface area contributed by atoms with Gasteiger partial charge in [-0.15, -0.1) is 0 Å². The fourth-order valence-corrected chi connectivity index (χ4v) is 4.34. The van der Waals surface area contributed by atoms with Crippen LogP contribution in [0.5, 0.6) is 5.75 Å². The Hall–Kier alpha value is -2.78. The van der Waals surface area contributed by atoms with E-state index in [9.17, 15) is 18.0 Å². The van der Waals surface area contributed by atoms with Crippen molar-refractivity contribution < 1.29 is 22.7 Å². The molecule has 8 nitrogen and oxygen atoms in total. The predicted octanol–water partition coefficient (Wildman–Crippen LogP) is 2.98. The van der Waals surface area contributed by atoms with Gasteiger partial charge in [-0.3, -0.25) is 13.9 Å². The molecule has 2 amide bonds. The second-order valence-electron chi connectivity index (χ2n) is 7.64. The zero-order valence-corrected chi connectivity index (χ0v) is 21.0. The number of carbonyl (C=O) groups excluding carboxylic acids is 2. The number of amides is 2. The Morgan fingerprint density at radius 1 is 1.15 bits per heavy atom. The summed E-state index contributed by atoms with van der Waals surface area (Å²) in [5.74, 6) is -0.188. The second-order valence-corrected chi connectivity index (χ2v) is 9.98. The lowest BCUT2D eigenvalue weighted by Gasteiger charge is -2.32. The lowest BCUT2D eigenvalue weighted by atomic mass is 10.1. The number of methoxy groups -OCH3 is 1. The molecule has 0 aliphatic carbocycles. The lowest BCUT2D eigenvalue weighted by Crippen LogP contribution is -2.51. The summed E-state index contributed by atoms with van der Waals surface area (Å²) in [6.07, 6.45) is 1.03. The minimum absolute atomic E-state index is 0.118.